The second-order valence-corrected chi connectivity index (χ2v) is 11.0. The molecule has 4 rings (SSSR count). The maximum Gasteiger partial charge on any atom is 0.241 e. The second-order valence-electron chi connectivity index (χ2n) is 9.33. The van der Waals surface area contributed by atoms with Crippen molar-refractivity contribution in [3.8, 4) is 0 Å². The molecule has 3 aromatic carbocycles. The summed E-state index contributed by atoms with van der Waals surface area (Å²) >= 11 is 0. The van der Waals surface area contributed by atoms with Crippen LogP contribution in [0.4, 0.5) is 5.69 Å². The molecule has 0 saturated carbocycles. The van der Waals surface area contributed by atoms with Gasteiger partial charge in [0.15, 0.2) is 0 Å². The number of carbonyl (C=O) groups excluding carboxylic acids is 2. The zero-order valence-electron chi connectivity index (χ0n) is 21.2. The number of rotatable bonds is 10. The minimum absolute atomic E-state index is 0.0118. The van der Waals surface area contributed by atoms with Crippen LogP contribution in [0.3, 0.4) is 0 Å². The van der Waals surface area contributed by atoms with Crippen molar-refractivity contribution in [1.29, 1.82) is 0 Å². The van der Waals surface area contributed by atoms with Crippen molar-refractivity contribution in [2.75, 3.05) is 18.0 Å². The number of amides is 2. The van der Waals surface area contributed by atoms with E-state index < -0.39 is 16.1 Å². The number of hydrogen-bond acceptors (Lipinski definition) is 4. The number of fused-ring (bicyclic) bond motifs is 1. The van der Waals surface area contributed by atoms with Gasteiger partial charge in [-0.15, -0.1) is 0 Å². The molecule has 1 aliphatic heterocycles. The van der Waals surface area contributed by atoms with E-state index in [1.54, 1.807) is 17.0 Å². The summed E-state index contributed by atoms with van der Waals surface area (Å²) in [5.41, 5.74) is 4.67. The third-order valence-corrected chi connectivity index (χ3v) is 8.02. The molecule has 37 heavy (non-hydrogen) atoms. The topological polar surface area (TPSA) is 95.6 Å². The van der Waals surface area contributed by atoms with Gasteiger partial charge in [-0.1, -0.05) is 67.1 Å². The fourth-order valence-electron chi connectivity index (χ4n) is 4.61. The molecule has 1 atom stereocenters. The van der Waals surface area contributed by atoms with Crippen LogP contribution in [0.15, 0.2) is 77.7 Å². The monoisotopic (exact) mass is 519 g/mol. The molecule has 2 amide bonds. The van der Waals surface area contributed by atoms with Crippen LogP contribution in [-0.4, -0.2) is 39.4 Å². The molecule has 0 saturated heterocycles. The molecule has 2 N–H and O–H groups in total. The average Bonchev–Trinajstić information content (AvgIpc) is 3.32. The number of aryl methyl sites for hydroxylation is 1. The van der Waals surface area contributed by atoms with E-state index in [1.807, 2.05) is 62.4 Å². The Kier molecular flexibility index (Phi) is 8.41. The molecular formula is C29H33N3O4S. The van der Waals surface area contributed by atoms with Crippen molar-refractivity contribution in [1.82, 2.24) is 10.0 Å². The number of carbonyl (C=O) groups is 2. The van der Waals surface area contributed by atoms with Crippen molar-refractivity contribution >= 4 is 27.5 Å². The Hall–Kier alpha value is -3.49. The molecule has 0 fully saturated rings. The summed E-state index contributed by atoms with van der Waals surface area (Å²) < 4.78 is 29.4. The van der Waals surface area contributed by atoms with E-state index in [-0.39, 0.29) is 23.1 Å². The average molecular weight is 520 g/mol. The van der Waals surface area contributed by atoms with Gasteiger partial charge in [0.25, 0.3) is 0 Å². The first-order chi connectivity index (χ1) is 17.8. The molecule has 0 aliphatic carbocycles. The Labute approximate surface area is 218 Å². The number of hydrogen-bond donors (Lipinski definition) is 2. The lowest BCUT2D eigenvalue weighted by molar-refractivity contribution is -0.122. The van der Waals surface area contributed by atoms with Crippen molar-refractivity contribution in [2.45, 2.75) is 50.5 Å². The Morgan fingerprint density at radius 3 is 2.46 bits per heavy atom. The highest BCUT2D eigenvalue weighted by molar-refractivity contribution is 7.89. The quantitative estimate of drug-likeness (QED) is 0.428. The number of nitrogens with one attached hydrogen (secondary N) is 2. The van der Waals surface area contributed by atoms with E-state index in [9.17, 15) is 18.0 Å². The van der Waals surface area contributed by atoms with E-state index in [0.717, 1.165) is 27.9 Å². The molecule has 1 heterocycles. The van der Waals surface area contributed by atoms with Crippen LogP contribution in [-0.2, 0) is 38.9 Å². The van der Waals surface area contributed by atoms with E-state index in [1.165, 1.54) is 6.07 Å². The predicted octanol–water partition coefficient (Wildman–Crippen LogP) is 3.54. The van der Waals surface area contributed by atoms with Crippen molar-refractivity contribution in [3.63, 3.8) is 0 Å². The molecule has 3 aromatic rings. The normalized spacial score (nSPS) is 13.7. The summed E-state index contributed by atoms with van der Waals surface area (Å²) in [5.74, 6) is -0.362. The third kappa shape index (κ3) is 6.64. The molecule has 1 unspecified atom stereocenters. The number of anilines is 1. The molecule has 7 nitrogen and oxygen atoms in total. The standard InChI is InChI=1S/C29H33N3O4S/c1-3-28(33)32-17-15-24-20-25(12-13-27(24)32)37(35,36)31-26(19-22-9-5-4-6-10-22)29(34)30-16-14-23-11-7-8-21(2)18-23/h4-13,18,20,26,31H,3,14-17,19H2,1-2H3,(H,30,34). The number of benzene rings is 3. The van der Waals surface area contributed by atoms with E-state index in [2.05, 4.69) is 16.1 Å². The van der Waals surface area contributed by atoms with Gasteiger partial charge in [-0.2, -0.15) is 4.72 Å². The first kappa shape index (κ1) is 26.6. The SMILES string of the molecule is CCC(=O)N1CCc2cc(S(=O)(=O)NC(Cc3ccccc3)C(=O)NCCc3cccc(C)c3)ccc21. The highest BCUT2D eigenvalue weighted by Crippen LogP contribution is 2.30. The van der Waals surface area contributed by atoms with Gasteiger partial charge in [0.1, 0.15) is 6.04 Å². The minimum Gasteiger partial charge on any atom is -0.354 e. The van der Waals surface area contributed by atoms with Crippen LogP contribution in [0.1, 0.15) is 35.6 Å². The van der Waals surface area contributed by atoms with Gasteiger partial charge >= 0.3 is 0 Å². The van der Waals surface area contributed by atoms with Crippen LogP contribution in [0.25, 0.3) is 0 Å². The van der Waals surface area contributed by atoms with Gasteiger partial charge in [0.05, 0.1) is 4.90 Å². The van der Waals surface area contributed by atoms with Crippen molar-refractivity contribution in [3.05, 3.63) is 95.1 Å². The summed E-state index contributed by atoms with van der Waals surface area (Å²) in [7, 11) is -3.99. The molecule has 0 radical (unpaired) electrons. The van der Waals surface area contributed by atoms with Crippen molar-refractivity contribution < 1.29 is 18.0 Å². The third-order valence-electron chi connectivity index (χ3n) is 6.55. The van der Waals surface area contributed by atoms with Gasteiger partial charge in [-0.3, -0.25) is 9.59 Å². The van der Waals surface area contributed by atoms with Crippen LogP contribution in [0, 0.1) is 6.92 Å². The molecule has 8 heteroatoms. The zero-order chi connectivity index (χ0) is 26.4. The summed E-state index contributed by atoms with van der Waals surface area (Å²) in [6.45, 7) is 4.77. The summed E-state index contributed by atoms with van der Waals surface area (Å²) in [4.78, 5) is 27.1. The van der Waals surface area contributed by atoms with Gasteiger partial charge < -0.3 is 10.2 Å². The van der Waals surface area contributed by atoms with E-state index in [4.69, 9.17) is 0 Å². The smallest absolute Gasteiger partial charge is 0.241 e. The lowest BCUT2D eigenvalue weighted by Gasteiger charge is -2.20. The van der Waals surface area contributed by atoms with Gasteiger partial charge in [0, 0.05) is 25.2 Å². The first-order valence-corrected chi connectivity index (χ1v) is 14.1. The Balaban J connectivity index is 1.50. The summed E-state index contributed by atoms with van der Waals surface area (Å²) in [6, 6.07) is 21.2. The molecule has 0 bridgehead atoms. The highest BCUT2D eigenvalue weighted by atomic mass is 32.2. The van der Waals surface area contributed by atoms with Crippen LogP contribution in [0.5, 0.6) is 0 Å². The van der Waals surface area contributed by atoms with Gasteiger partial charge in [-0.25, -0.2) is 8.42 Å². The first-order valence-electron chi connectivity index (χ1n) is 12.6. The fraction of sp³-hybridized carbons (Fsp3) is 0.310. The van der Waals surface area contributed by atoms with Crippen LogP contribution in [0.2, 0.25) is 0 Å². The summed E-state index contributed by atoms with van der Waals surface area (Å²) in [6.07, 6.45) is 1.86. The maximum atomic E-state index is 13.4. The molecular weight excluding hydrogens is 486 g/mol. The molecule has 194 valence electrons. The lowest BCUT2D eigenvalue weighted by atomic mass is 10.1. The number of sulfonamides is 1. The van der Waals surface area contributed by atoms with Crippen LogP contribution >= 0.6 is 0 Å². The Bertz CT molecular complexity index is 1370. The largest absolute Gasteiger partial charge is 0.354 e. The summed E-state index contributed by atoms with van der Waals surface area (Å²) in [5, 5.41) is 2.90. The van der Waals surface area contributed by atoms with E-state index >= 15 is 0 Å². The van der Waals surface area contributed by atoms with Crippen molar-refractivity contribution in [2.24, 2.45) is 0 Å². The van der Waals surface area contributed by atoms with E-state index in [0.29, 0.717) is 32.4 Å². The van der Waals surface area contributed by atoms with Gasteiger partial charge in [0.2, 0.25) is 21.8 Å². The zero-order valence-corrected chi connectivity index (χ0v) is 22.1. The molecule has 0 aromatic heterocycles. The lowest BCUT2D eigenvalue weighted by Crippen LogP contribution is -2.48. The van der Waals surface area contributed by atoms with Gasteiger partial charge in [-0.05, 0) is 61.1 Å². The highest BCUT2D eigenvalue weighted by Gasteiger charge is 2.29. The fourth-order valence-corrected chi connectivity index (χ4v) is 5.85. The minimum atomic E-state index is -3.99. The van der Waals surface area contributed by atoms with Crippen LogP contribution < -0.4 is 14.9 Å². The second kappa shape index (κ2) is 11.7. The Morgan fingerprint density at radius 1 is 0.973 bits per heavy atom. The Morgan fingerprint density at radius 2 is 1.73 bits per heavy atom. The molecule has 0 spiro atoms. The predicted molar refractivity (Wildman–Crippen MR) is 145 cm³/mol. The number of nitrogens with zero attached hydrogens (tertiary/aromatic N) is 1. The maximum absolute atomic E-state index is 13.4. The molecule has 1 aliphatic rings.